The van der Waals surface area contributed by atoms with Crippen LogP contribution in [0.5, 0.6) is 0 Å². The van der Waals surface area contributed by atoms with Gasteiger partial charge in [-0.15, -0.1) is 0 Å². The van der Waals surface area contributed by atoms with Crippen molar-refractivity contribution in [1.29, 1.82) is 0 Å². The Morgan fingerprint density at radius 2 is 1.88 bits per heavy atom. The molecule has 17 heavy (non-hydrogen) atoms. The zero-order valence-corrected chi connectivity index (χ0v) is 9.82. The summed E-state index contributed by atoms with van der Waals surface area (Å²) >= 11 is 0. The topological polar surface area (TPSA) is 72.2 Å². The van der Waals surface area contributed by atoms with E-state index >= 15 is 0 Å². The quantitative estimate of drug-likeness (QED) is 0.811. The number of amides is 2. The van der Waals surface area contributed by atoms with Crippen molar-refractivity contribution < 1.29 is 9.59 Å². The number of hydrogen-bond donors (Lipinski definition) is 2. The van der Waals surface area contributed by atoms with Crippen LogP contribution in [-0.2, 0) is 10.2 Å². The molecule has 3 N–H and O–H groups in total. The molecule has 4 heteroatoms. The normalized spacial score (nSPS) is 16.3. The molecule has 0 saturated heterocycles. The summed E-state index contributed by atoms with van der Waals surface area (Å²) in [6.07, 6.45) is 2.56. The molecule has 2 amide bonds. The lowest BCUT2D eigenvalue weighted by Gasteiger charge is -2.14. The van der Waals surface area contributed by atoms with E-state index in [1.807, 2.05) is 12.1 Å². The van der Waals surface area contributed by atoms with Gasteiger partial charge in [-0.2, -0.15) is 0 Å². The van der Waals surface area contributed by atoms with E-state index in [1.54, 1.807) is 19.2 Å². The maximum Gasteiger partial charge on any atom is 0.248 e. The van der Waals surface area contributed by atoms with E-state index in [1.165, 1.54) is 0 Å². The molecule has 4 nitrogen and oxygen atoms in total. The van der Waals surface area contributed by atoms with Gasteiger partial charge in [-0.1, -0.05) is 12.1 Å². The summed E-state index contributed by atoms with van der Waals surface area (Å²) in [4.78, 5) is 22.4. The van der Waals surface area contributed by atoms with Gasteiger partial charge in [0.25, 0.3) is 0 Å². The molecular weight excluding hydrogens is 216 g/mol. The van der Waals surface area contributed by atoms with Crippen LogP contribution in [0.4, 0.5) is 0 Å². The van der Waals surface area contributed by atoms with Gasteiger partial charge in [0.1, 0.15) is 0 Å². The zero-order valence-electron chi connectivity index (χ0n) is 9.82. The molecule has 1 aliphatic rings. The molecule has 0 bridgehead atoms. The molecule has 1 aliphatic carbocycles. The minimum atomic E-state index is -0.423. The van der Waals surface area contributed by atoms with Gasteiger partial charge in [-0.05, 0) is 30.5 Å². The first-order chi connectivity index (χ1) is 8.07. The Bertz CT molecular complexity index is 447. The Labute approximate surface area is 100 Å². The molecule has 1 aromatic carbocycles. The Balaban J connectivity index is 2.17. The zero-order chi connectivity index (χ0) is 12.5. The van der Waals surface area contributed by atoms with Crippen molar-refractivity contribution in [3.05, 3.63) is 35.4 Å². The molecule has 0 radical (unpaired) electrons. The second-order valence-corrected chi connectivity index (χ2v) is 4.57. The summed E-state index contributed by atoms with van der Waals surface area (Å²) in [5.74, 6) is -0.367. The van der Waals surface area contributed by atoms with Crippen LogP contribution in [0.15, 0.2) is 24.3 Å². The SMILES string of the molecule is CNC(=O)CC1(c2ccc(C(N)=O)cc2)CC1. The molecule has 2 rings (SSSR count). The molecule has 0 aliphatic heterocycles. The number of carbonyl (C=O) groups is 2. The third kappa shape index (κ3) is 2.30. The first-order valence-corrected chi connectivity index (χ1v) is 5.68. The largest absolute Gasteiger partial charge is 0.366 e. The fraction of sp³-hybridized carbons (Fsp3) is 0.385. The highest BCUT2D eigenvalue weighted by Crippen LogP contribution is 2.50. The summed E-state index contributed by atoms with van der Waals surface area (Å²) in [6.45, 7) is 0. The van der Waals surface area contributed by atoms with Gasteiger partial charge in [0.05, 0.1) is 0 Å². The predicted octanol–water partition coefficient (Wildman–Crippen LogP) is 0.953. The average molecular weight is 232 g/mol. The fourth-order valence-electron chi connectivity index (χ4n) is 2.10. The van der Waals surface area contributed by atoms with E-state index in [9.17, 15) is 9.59 Å². The summed E-state index contributed by atoms with van der Waals surface area (Å²) < 4.78 is 0. The predicted molar refractivity (Wildman–Crippen MR) is 64.6 cm³/mol. The van der Waals surface area contributed by atoms with Crippen LogP contribution in [0.2, 0.25) is 0 Å². The highest BCUT2D eigenvalue weighted by Gasteiger charge is 2.45. The lowest BCUT2D eigenvalue weighted by molar-refractivity contribution is -0.121. The number of hydrogen-bond acceptors (Lipinski definition) is 2. The van der Waals surface area contributed by atoms with Crippen LogP contribution in [0.25, 0.3) is 0 Å². The second kappa shape index (κ2) is 4.20. The van der Waals surface area contributed by atoms with Crippen LogP contribution in [0, 0.1) is 0 Å². The van der Waals surface area contributed by atoms with E-state index in [4.69, 9.17) is 5.73 Å². The van der Waals surface area contributed by atoms with E-state index in [0.29, 0.717) is 12.0 Å². The van der Waals surface area contributed by atoms with Gasteiger partial charge in [0.2, 0.25) is 11.8 Å². The van der Waals surface area contributed by atoms with Gasteiger partial charge in [0, 0.05) is 24.4 Å². The highest BCUT2D eigenvalue weighted by molar-refractivity contribution is 5.92. The Hall–Kier alpha value is -1.84. The summed E-state index contributed by atoms with van der Waals surface area (Å²) in [6, 6.07) is 7.25. The van der Waals surface area contributed by atoms with Crippen molar-refractivity contribution in [2.24, 2.45) is 5.73 Å². The lowest BCUT2D eigenvalue weighted by Crippen LogP contribution is -2.24. The molecule has 1 saturated carbocycles. The van der Waals surface area contributed by atoms with Crippen molar-refractivity contribution in [3.63, 3.8) is 0 Å². The van der Waals surface area contributed by atoms with Gasteiger partial charge in [0.15, 0.2) is 0 Å². The summed E-state index contributed by atoms with van der Waals surface area (Å²) in [5, 5.41) is 2.65. The molecule has 0 aromatic heterocycles. The molecular formula is C13H16N2O2. The minimum absolute atomic E-state index is 0.0176. The van der Waals surface area contributed by atoms with E-state index in [0.717, 1.165) is 18.4 Å². The van der Waals surface area contributed by atoms with Crippen molar-refractivity contribution >= 4 is 11.8 Å². The van der Waals surface area contributed by atoms with E-state index in [2.05, 4.69) is 5.32 Å². The fourth-order valence-corrected chi connectivity index (χ4v) is 2.10. The van der Waals surface area contributed by atoms with Gasteiger partial charge >= 0.3 is 0 Å². The molecule has 1 aromatic rings. The molecule has 0 spiro atoms. The number of carbonyl (C=O) groups excluding carboxylic acids is 2. The minimum Gasteiger partial charge on any atom is -0.366 e. The molecule has 1 fully saturated rings. The van der Waals surface area contributed by atoms with Crippen molar-refractivity contribution in [2.45, 2.75) is 24.7 Å². The number of benzene rings is 1. The van der Waals surface area contributed by atoms with Crippen LogP contribution >= 0.6 is 0 Å². The molecule has 0 heterocycles. The number of primary amides is 1. The monoisotopic (exact) mass is 232 g/mol. The molecule has 0 atom stereocenters. The van der Waals surface area contributed by atoms with Crippen LogP contribution in [0.1, 0.15) is 35.2 Å². The smallest absolute Gasteiger partial charge is 0.248 e. The van der Waals surface area contributed by atoms with Crippen LogP contribution in [0.3, 0.4) is 0 Å². The van der Waals surface area contributed by atoms with E-state index in [-0.39, 0.29) is 11.3 Å². The third-order valence-corrected chi connectivity index (χ3v) is 3.41. The van der Waals surface area contributed by atoms with Crippen molar-refractivity contribution in [3.8, 4) is 0 Å². The summed E-state index contributed by atoms with van der Waals surface area (Å²) in [7, 11) is 1.65. The highest BCUT2D eigenvalue weighted by atomic mass is 16.1. The average Bonchev–Trinajstić information content (AvgIpc) is 3.10. The maximum atomic E-state index is 11.4. The summed E-state index contributed by atoms with van der Waals surface area (Å²) in [5.41, 5.74) is 6.79. The number of nitrogens with two attached hydrogens (primary N) is 1. The first-order valence-electron chi connectivity index (χ1n) is 5.68. The van der Waals surface area contributed by atoms with E-state index < -0.39 is 5.91 Å². The third-order valence-electron chi connectivity index (χ3n) is 3.41. The van der Waals surface area contributed by atoms with Crippen molar-refractivity contribution in [1.82, 2.24) is 5.32 Å². The maximum absolute atomic E-state index is 11.4. The molecule has 0 unspecified atom stereocenters. The number of nitrogens with one attached hydrogen (secondary N) is 1. The Morgan fingerprint density at radius 1 is 1.29 bits per heavy atom. The molecule has 90 valence electrons. The lowest BCUT2D eigenvalue weighted by atomic mass is 9.91. The Morgan fingerprint density at radius 3 is 2.29 bits per heavy atom. The van der Waals surface area contributed by atoms with Gasteiger partial charge in [-0.25, -0.2) is 0 Å². The van der Waals surface area contributed by atoms with Crippen LogP contribution < -0.4 is 11.1 Å². The van der Waals surface area contributed by atoms with Crippen LogP contribution in [-0.4, -0.2) is 18.9 Å². The Kier molecular flexibility index (Phi) is 2.88. The van der Waals surface area contributed by atoms with Gasteiger partial charge in [-0.3, -0.25) is 9.59 Å². The van der Waals surface area contributed by atoms with Crippen molar-refractivity contribution in [2.75, 3.05) is 7.05 Å². The second-order valence-electron chi connectivity index (χ2n) is 4.57. The first kappa shape index (κ1) is 11.6. The standard InChI is InChI=1S/C13H16N2O2/c1-15-11(16)8-13(6-7-13)10-4-2-9(3-5-10)12(14)17/h2-5H,6-8H2,1H3,(H2,14,17)(H,15,16). The van der Waals surface area contributed by atoms with Gasteiger partial charge < -0.3 is 11.1 Å². The number of rotatable bonds is 4.